The third-order valence-corrected chi connectivity index (χ3v) is 3.81. The van der Waals surface area contributed by atoms with Crippen LogP contribution in [-0.4, -0.2) is 30.0 Å². The van der Waals surface area contributed by atoms with E-state index in [1.165, 1.54) is 4.90 Å². The van der Waals surface area contributed by atoms with Gasteiger partial charge in [-0.3, -0.25) is 9.69 Å². The highest BCUT2D eigenvalue weighted by Gasteiger charge is 2.38. The molecule has 0 aliphatic carbocycles. The summed E-state index contributed by atoms with van der Waals surface area (Å²) >= 11 is 5.80. The fraction of sp³-hybridized carbons (Fsp3) is 0.176. The summed E-state index contributed by atoms with van der Waals surface area (Å²) in [6.07, 6.45) is 0. The van der Waals surface area contributed by atoms with Crippen molar-refractivity contribution in [3.63, 3.8) is 0 Å². The molecule has 1 aliphatic heterocycles. The van der Waals surface area contributed by atoms with Crippen LogP contribution in [0.1, 0.15) is 11.6 Å². The fourth-order valence-corrected chi connectivity index (χ4v) is 2.51. The second-order valence-electron chi connectivity index (χ2n) is 5.09. The SMILES string of the molecule is O=C1NC(c2ccccc2)C(=O)N1CCOc1ccc(Cl)cc1. The molecule has 1 aliphatic rings. The zero-order valence-corrected chi connectivity index (χ0v) is 13.0. The van der Waals surface area contributed by atoms with E-state index >= 15 is 0 Å². The molecule has 5 nitrogen and oxygen atoms in total. The van der Waals surface area contributed by atoms with Crippen molar-refractivity contribution >= 4 is 23.5 Å². The molecule has 1 fully saturated rings. The van der Waals surface area contributed by atoms with Crippen LogP contribution >= 0.6 is 11.6 Å². The third-order valence-electron chi connectivity index (χ3n) is 3.56. The van der Waals surface area contributed by atoms with Crippen LogP contribution in [0, 0.1) is 0 Å². The number of carbonyl (C=O) groups excluding carboxylic acids is 2. The maximum absolute atomic E-state index is 12.4. The quantitative estimate of drug-likeness (QED) is 0.857. The second kappa shape index (κ2) is 6.71. The number of nitrogens with zero attached hydrogens (tertiary/aromatic N) is 1. The Morgan fingerprint density at radius 1 is 1.04 bits per heavy atom. The van der Waals surface area contributed by atoms with Gasteiger partial charge in [0.2, 0.25) is 0 Å². The number of hydrogen-bond acceptors (Lipinski definition) is 3. The van der Waals surface area contributed by atoms with Crippen molar-refractivity contribution in [3.05, 3.63) is 65.2 Å². The van der Waals surface area contributed by atoms with Crippen LogP contribution in [0.3, 0.4) is 0 Å². The van der Waals surface area contributed by atoms with Crippen LogP contribution < -0.4 is 10.1 Å². The standard InChI is InChI=1S/C17H15ClN2O3/c18-13-6-8-14(9-7-13)23-11-10-20-16(21)15(19-17(20)22)12-4-2-1-3-5-12/h1-9,15H,10-11H2,(H,19,22). The minimum absolute atomic E-state index is 0.191. The van der Waals surface area contributed by atoms with E-state index in [4.69, 9.17) is 16.3 Å². The van der Waals surface area contributed by atoms with E-state index in [9.17, 15) is 9.59 Å². The minimum Gasteiger partial charge on any atom is -0.492 e. The van der Waals surface area contributed by atoms with Gasteiger partial charge in [-0.25, -0.2) is 4.79 Å². The van der Waals surface area contributed by atoms with E-state index in [0.29, 0.717) is 10.8 Å². The Bertz CT molecular complexity index is 704. The van der Waals surface area contributed by atoms with Gasteiger partial charge < -0.3 is 10.1 Å². The van der Waals surface area contributed by atoms with Gasteiger partial charge in [-0.2, -0.15) is 0 Å². The maximum atomic E-state index is 12.4. The molecule has 3 amide bonds. The van der Waals surface area contributed by atoms with Crippen molar-refractivity contribution in [3.8, 4) is 5.75 Å². The summed E-state index contributed by atoms with van der Waals surface area (Å²) in [5.74, 6) is 0.377. The molecule has 118 valence electrons. The maximum Gasteiger partial charge on any atom is 0.325 e. The molecule has 1 atom stereocenters. The molecule has 0 radical (unpaired) electrons. The van der Waals surface area contributed by atoms with Crippen LogP contribution in [0.25, 0.3) is 0 Å². The first-order valence-electron chi connectivity index (χ1n) is 7.20. The Labute approximate surface area is 138 Å². The van der Waals surface area contributed by atoms with Crippen molar-refractivity contribution in [2.45, 2.75) is 6.04 Å². The van der Waals surface area contributed by atoms with Gasteiger partial charge in [0.15, 0.2) is 0 Å². The molecule has 0 saturated carbocycles. The molecule has 0 spiro atoms. The Morgan fingerprint density at radius 3 is 2.43 bits per heavy atom. The van der Waals surface area contributed by atoms with Gasteiger partial charge in [0.25, 0.3) is 5.91 Å². The number of urea groups is 1. The van der Waals surface area contributed by atoms with Crippen LogP contribution in [0.4, 0.5) is 4.79 Å². The number of carbonyl (C=O) groups is 2. The van der Waals surface area contributed by atoms with Crippen molar-refractivity contribution in [2.75, 3.05) is 13.2 Å². The monoisotopic (exact) mass is 330 g/mol. The largest absolute Gasteiger partial charge is 0.492 e. The normalized spacial score (nSPS) is 17.3. The molecular formula is C17H15ClN2O3. The van der Waals surface area contributed by atoms with Crippen LogP contribution in [-0.2, 0) is 4.79 Å². The summed E-state index contributed by atoms with van der Waals surface area (Å²) < 4.78 is 5.53. The molecule has 1 saturated heterocycles. The lowest BCUT2D eigenvalue weighted by Gasteiger charge is -2.14. The fourth-order valence-electron chi connectivity index (χ4n) is 2.39. The van der Waals surface area contributed by atoms with Crippen LogP contribution in [0.2, 0.25) is 5.02 Å². The Kier molecular flexibility index (Phi) is 4.48. The summed E-state index contributed by atoms with van der Waals surface area (Å²) in [7, 11) is 0. The first-order valence-corrected chi connectivity index (χ1v) is 7.58. The van der Waals surface area contributed by atoms with E-state index in [1.807, 2.05) is 30.3 Å². The molecule has 1 N–H and O–H groups in total. The number of benzene rings is 2. The molecule has 1 unspecified atom stereocenters. The van der Waals surface area contributed by atoms with Crippen LogP contribution in [0.5, 0.6) is 5.75 Å². The van der Waals surface area contributed by atoms with Crippen molar-refractivity contribution < 1.29 is 14.3 Å². The molecule has 23 heavy (non-hydrogen) atoms. The van der Waals surface area contributed by atoms with Gasteiger partial charge in [-0.1, -0.05) is 41.9 Å². The number of ether oxygens (including phenoxy) is 1. The van der Waals surface area contributed by atoms with Crippen molar-refractivity contribution in [2.24, 2.45) is 0 Å². The molecule has 2 aromatic carbocycles. The highest BCUT2D eigenvalue weighted by molar-refractivity contribution is 6.30. The average molecular weight is 331 g/mol. The smallest absolute Gasteiger partial charge is 0.325 e. The lowest BCUT2D eigenvalue weighted by atomic mass is 10.1. The minimum atomic E-state index is -0.626. The first kappa shape index (κ1) is 15.4. The number of rotatable bonds is 5. The van der Waals surface area contributed by atoms with Gasteiger partial charge in [0.1, 0.15) is 18.4 Å². The third kappa shape index (κ3) is 3.46. The van der Waals surface area contributed by atoms with E-state index < -0.39 is 12.1 Å². The zero-order chi connectivity index (χ0) is 16.2. The second-order valence-corrected chi connectivity index (χ2v) is 5.52. The van der Waals surface area contributed by atoms with Gasteiger partial charge >= 0.3 is 6.03 Å². The predicted molar refractivity (Wildman–Crippen MR) is 86.4 cm³/mol. The zero-order valence-electron chi connectivity index (χ0n) is 12.2. The number of halogens is 1. The number of hydrogen-bond donors (Lipinski definition) is 1. The average Bonchev–Trinajstić information content (AvgIpc) is 2.85. The molecule has 3 rings (SSSR count). The van der Waals surface area contributed by atoms with Crippen LogP contribution in [0.15, 0.2) is 54.6 Å². The Morgan fingerprint density at radius 2 is 1.74 bits per heavy atom. The highest BCUT2D eigenvalue weighted by atomic mass is 35.5. The predicted octanol–water partition coefficient (Wildman–Crippen LogP) is 3.01. The van der Waals surface area contributed by atoms with Crippen molar-refractivity contribution in [1.82, 2.24) is 10.2 Å². The molecular weight excluding hydrogens is 316 g/mol. The summed E-state index contributed by atoms with van der Waals surface area (Å²) in [4.78, 5) is 25.5. The number of amides is 3. The molecule has 1 heterocycles. The lowest BCUT2D eigenvalue weighted by molar-refractivity contribution is -0.127. The Balaban J connectivity index is 1.59. The van der Waals surface area contributed by atoms with Crippen molar-refractivity contribution in [1.29, 1.82) is 0 Å². The summed E-state index contributed by atoms with van der Waals surface area (Å²) in [5.41, 5.74) is 0.770. The first-order chi connectivity index (χ1) is 11.1. The topological polar surface area (TPSA) is 58.6 Å². The van der Waals surface area contributed by atoms with Gasteiger partial charge in [-0.15, -0.1) is 0 Å². The van der Waals surface area contributed by atoms with Gasteiger partial charge in [0, 0.05) is 5.02 Å². The number of imide groups is 1. The van der Waals surface area contributed by atoms with Gasteiger partial charge in [0.05, 0.1) is 6.54 Å². The van der Waals surface area contributed by atoms with Gasteiger partial charge in [-0.05, 0) is 29.8 Å². The van der Waals surface area contributed by atoms with E-state index in [2.05, 4.69) is 5.32 Å². The summed E-state index contributed by atoms with van der Waals surface area (Å²) in [6, 6.07) is 15.0. The lowest BCUT2D eigenvalue weighted by Crippen LogP contribution is -2.34. The Hall–Kier alpha value is -2.53. The summed E-state index contributed by atoms with van der Waals surface area (Å²) in [5, 5.41) is 3.31. The van der Waals surface area contributed by atoms with E-state index in [1.54, 1.807) is 24.3 Å². The van der Waals surface area contributed by atoms with E-state index in [-0.39, 0.29) is 19.1 Å². The molecule has 2 aromatic rings. The highest BCUT2D eigenvalue weighted by Crippen LogP contribution is 2.21. The number of nitrogens with one attached hydrogen (secondary N) is 1. The van der Waals surface area contributed by atoms with E-state index in [0.717, 1.165) is 5.56 Å². The summed E-state index contributed by atoms with van der Waals surface area (Å²) in [6.45, 7) is 0.416. The molecule has 6 heteroatoms. The molecule has 0 bridgehead atoms. The molecule has 0 aromatic heterocycles.